The topological polar surface area (TPSA) is 117 Å². The van der Waals surface area contributed by atoms with Crippen LogP contribution in [0.2, 0.25) is 0 Å². The molecule has 4 rings (SSSR count). The molecule has 0 bridgehead atoms. The van der Waals surface area contributed by atoms with E-state index in [1.807, 2.05) is 0 Å². The maximum absolute atomic E-state index is 14.1. The SMILES string of the molecule is CCOC(=O)Nc1cc(-c2cc(N)ccc2Oc2ccc(F)cc2F)nn2cnnc12. The van der Waals surface area contributed by atoms with Gasteiger partial charge in [-0.3, -0.25) is 5.32 Å². The van der Waals surface area contributed by atoms with Gasteiger partial charge in [0.25, 0.3) is 0 Å². The average Bonchev–Trinajstić information content (AvgIpc) is 3.20. The van der Waals surface area contributed by atoms with Crippen LogP contribution in [-0.4, -0.2) is 32.5 Å². The molecule has 1 amide bonds. The Bertz CT molecular complexity index is 1280. The zero-order valence-electron chi connectivity index (χ0n) is 16.2. The van der Waals surface area contributed by atoms with Gasteiger partial charge >= 0.3 is 6.09 Å². The highest BCUT2D eigenvalue weighted by atomic mass is 19.1. The Morgan fingerprint density at radius 2 is 1.97 bits per heavy atom. The van der Waals surface area contributed by atoms with Crippen molar-refractivity contribution in [3.63, 3.8) is 0 Å². The van der Waals surface area contributed by atoms with Crippen molar-refractivity contribution in [3.05, 3.63) is 60.4 Å². The fraction of sp³-hybridized carbons (Fsp3) is 0.100. The van der Waals surface area contributed by atoms with Gasteiger partial charge in [0.2, 0.25) is 5.65 Å². The van der Waals surface area contributed by atoms with Gasteiger partial charge in [0.1, 0.15) is 17.9 Å². The maximum Gasteiger partial charge on any atom is 0.411 e. The lowest BCUT2D eigenvalue weighted by atomic mass is 10.1. The molecule has 2 aromatic carbocycles. The van der Waals surface area contributed by atoms with Gasteiger partial charge in [-0.1, -0.05) is 0 Å². The van der Waals surface area contributed by atoms with Gasteiger partial charge in [0, 0.05) is 17.3 Å². The molecule has 158 valence electrons. The molecule has 4 aromatic rings. The molecule has 9 nitrogen and oxygen atoms in total. The average molecular weight is 426 g/mol. The lowest BCUT2D eigenvalue weighted by Gasteiger charge is -2.14. The molecular weight excluding hydrogens is 410 g/mol. The molecule has 0 spiro atoms. The van der Waals surface area contributed by atoms with Crippen molar-refractivity contribution >= 4 is 23.1 Å². The van der Waals surface area contributed by atoms with Crippen molar-refractivity contribution in [2.75, 3.05) is 17.7 Å². The number of nitrogens with two attached hydrogens (primary N) is 1. The summed E-state index contributed by atoms with van der Waals surface area (Å²) in [4.78, 5) is 11.9. The summed E-state index contributed by atoms with van der Waals surface area (Å²) >= 11 is 0. The summed E-state index contributed by atoms with van der Waals surface area (Å²) in [5.74, 6) is -1.56. The third-order valence-corrected chi connectivity index (χ3v) is 4.17. The maximum atomic E-state index is 14.1. The number of hydrogen-bond acceptors (Lipinski definition) is 7. The van der Waals surface area contributed by atoms with Crippen LogP contribution in [0.15, 0.2) is 48.8 Å². The van der Waals surface area contributed by atoms with Gasteiger partial charge in [-0.2, -0.15) is 9.61 Å². The lowest BCUT2D eigenvalue weighted by molar-refractivity contribution is 0.168. The van der Waals surface area contributed by atoms with E-state index in [1.54, 1.807) is 19.1 Å². The molecule has 3 N–H and O–H groups in total. The van der Waals surface area contributed by atoms with E-state index in [0.717, 1.165) is 12.1 Å². The molecule has 0 aliphatic carbocycles. The fourth-order valence-corrected chi connectivity index (χ4v) is 2.84. The van der Waals surface area contributed by atoms with E-state index in [1.165, 1.54) is 29.0 Å². The molecule has 0 aliphatic rings. The highest BCUT2D eigenvalue weighted by molar-refractivity contribution is 5.91. The van der Waals surface area contributed by atoms with E-state index in [-0.39, 0.29) is 29.4 Å². The van der Waals surface area contributed by atoms with Gasteiger partial charge in [0.05, 0.1) is 18.0 Å². The van der Waals surface area contributed by atoms with Crippen LogP contribution in [0, 0.1) is 11.6 Å². The minimum absolute atomic E-state index is 0.178. The number of hydrogen-bond donors (Lipinski definition) is 2. The normalized spacial score (nSPS) is 10.8. The largest absolute Gasteiger partial charge is 0.454 e. The second-order valence-electron chi connectivity index (χ2n) is 6.32. The number of nitrogens with one attached hydrogen (secondary N) is 1. The second-order valence-corrected chi connectivity index (χ2v) is 6.32. The van der Waals surface area contributed by atoms with Crippen molar-refractivity contribution in [2.45, 2.75) is 6.92 Å². The number of carbonyl (C=O) groups is 1. The predicted molar refractivity (Wildman–Crippen MR) is 108 cm³/mol. The second kappa shape index (κ2) is 8.22. The van der Waals surface area contributed by atoms with Crippen LogP contribution < -0.4 is 15.8 Å². The number of aromatic nitrogens is 4. The summed E-state index contributed by atoms with van der Waals surface area (Å²) in [6, 6.07) is 9.18. The molecule has 2 aromatic heterocycles. The Hall–Kier alpha value is -4.28. The number of ether oxygens (including phenoxy) is 2. The first-order chi connectivity index (χ1) is 14.9. The van der Waals surface area contributed by atoms with Gasteiger partial charge in [0.15, 0.2) is 11.6 Å². The van der Waals surface area contributed by atoms with Crippen LogP contribution in [-0.2, 0) is 4.74 Å². The summed E-state index contributed by atoms with van der Waals surface area (Å²) in [5, 5.41) is 14.7. The Morgan fingerprint density at radius 3 is 2.74 bits per heavy atom. The van der Waals surface area contributed by atoms with Crippen molar-refractivity contribution in [1.82, 2.24) is 19.8 Å². The number of carbonyl (C=O) groups excluding carboxylic acids is 1. The number of nitrogens with zero attached hydrogens (tertiary/aromatic N) is 4. The van der Waals surface area contributed by atoms with Crippen LogP contribution in [0.5, 0.6) is 11.5 Å². The first-order valence-corrected chi connectivity index (χ1v) is 9.12. The molecule has 31 heavy (non-hydrogen) atoms. The first kappa shape index (κ1) is 20.0. The number of fused-ring (bicyclic) bond motifs is 1. The summed E-state index contributed by atoms with van der Waals surface area (Å²) in [5.41, 5.74) is 7.61. The zero-order valence-corrected chi connectivity index (χ0v) is 16.2. The van der Waals surface area contributed by atoms with Crippen LogP contribution in [0.25, 0.3) is 16.9 Å². The van der Waals surface area contributed by atoms with Gasteiger partial charge in [-0.25, -0.2) is 13.6 Å². The molecule has 2 heterocycles. The summed E-state index contributed by atoms with van der Waals surface area (Å²) in [6.07, 6.45) is 0.670. The van der Waals surface area contributed by atoms with Crippen LogP contribution >= 0.6 is 0 Å². The van der Waals surface area contributed by atoms with E-state index in [9.17, 15) is 13.6 Å². The molecule has 0 radical (unpaired) electrons. The van der Waals surface area contributed by atoms with Crippen molar-refractivity contribution in [1.29, 1.82) is 0 Å². The molecule has 0 fully saturated rings. The van der Waals surface area contributed by atoms with Crippen molar-refractivity contribution in [2.24, 2.45) is 0 Å². The number of anilines is 2. The first-order valence-electron chi connectivity index (χ1n) is 9.12. The standard InChI is InChI=1S/C20H16F2N6O3/c1-2-30-20(29)25-16-9-15(27-28-10-24-26-19(16)28)13-8-12(23)4-6-17(13)31-18-5-3-11(21)7-14(18)22/h3-10H,2,23H2,1H3,(H,25,29). The monoisotopic (exact) mass is 426 g/mol. The molecule has 0 saturated carbocycles. The number of amides is 1. The lowest BCUT2D eigenvalue weighted by Crippen LogP contribution is -2.14. The Kier molecular flexibility index (Phi) is 5.31. The van der Waals surface area contributed by atoms with Crippen LogP contribution in [0.4, 0.5) is 25.0 Å². The van der Waals surface area contributed by atoms with Crippen LogP contribution in [0.3, 0.4) is 0 Å². The highest BCUT2D eigenvalue weighted by Crippen LogP contribution is 2.36. The number of nitrogen functional groups attached to an aromatic ring is 1. The molecule has 0 atom stereocenters. The Morgan fingerprint density at radius 1 is 1.16 bits per heavy atom. The van der Waals surface area contributed by atoms with Gasteiger partial charge in [-0.15, -0.1) is 10.2 Å². The number of benzene rings is 2. The highest BCUT2D eigenvalue weighted by Gasteiger charge is 2.17. The van der Waals surface area contributed by atoms with E-state index in [0.29, 0.717) is 16.9 Å². The van der Waals surface area contributed by atoms with Gasteiger partial charge < -0.3 is 15.2 Å². The summed E-state index contributed by atoms with van der Waals surface area (Å²) in [6.45, 7) is 1.86. The predicted octanol–water partition coefficient (Wildman–Crippen LogP) is 4.01. The number of rotatable bonds is 5. The molecule has 0 unspecified atom stereocenters. The fourth-order valence-electron chi connectivity index (χ4n) is 2.84. The molecule has 0 saturated heterocycles. The molecule has 11 heteroatoms. The molecule has 0 aliphatic heterocycles. The third-order valence-electron chi connectivity index (χ3n) is 4.17. The van der Waals surface area contributed by atoms with E-state index >= 15 is 0 Å². The van der Waals surface area contributed by atoms with Crippen molar-refractivity contribution in [3.8, 4) is 22.8 Å². The smallest absolute Gasteiger partial charge is 0.411 e. The van der Waals surface area contributed by atoms with Crippen LogP contribution in [0.1, 0.15) is 6.92 Å². The summed E-state index contributed by atoms with van der Waals surface area (Å²) in [7, 11) is 0. The number of halogens is 2. The van der Waals surface area contributed by atoms with E-state index in [4.69, 9.17) is 15.2 Å². The minimum atomic E-state index is -0.866. The van der Waals surface area contributed by atoms with E-state index in [2.05, 4.69) is 20.6 Å². The van der Waals surface area contributed by atoms with Crippen molar-refractivity contribution < 1.29 is 23.0 Å². The molecular formula is C20H16F2N6O3. The third kappa shape index (κ3) is 4.20. The Labute approximate surface area is 174 Å². The minimum Gasteiger partial charge on any atom is -0.454 e. The quantitative estimate of drug-likeness (QED) is 0.463. The summed E-state index contributed by atoms with van der Waals surface area (Å²) < 4.78 is 39.3. The van der Waals surface area contributed by atoms with E-state index < -0.39 is 17.7 Å². The van der Waals surface area contributed by atoms with Gasteiger partial charge in [-0.05, 0) is 43.3 Å². The zero-order chi connectivity index (χ0) is 22.0. The Balaban J connectivity index is 1.80.